The third-order valence-corrected chi connectivity index (χ3v) is 3.04. The smallest absolute Gasteiger partial charge is 0.253 e. The van der Waals surface area contributed by atoms with Crippen LogP contribution in [0.2, 0.25) is 0 Å². The van der Waals surface area contributed by atoms with Crippen molar-refractivity contribution in [1.29, 1.82) is 5.26 Å². The van der Waals surface area contributed by atoms with Crippen molar-refractivity contribution < 1.29 is 9.53 Å². The molecule has 0 radical (unpaired) electrons. The molecule has 100 valence electrons. The number of nitrogens with two attached hydrogens (primary N) is 1. The number of benzene rings is 1. The lowest BCUT2D eigenvalue weighted by Crippen LogP contribution is -2.42. The van der Waals surface area contributed by atoms with Crippen LogP contribution in [-0.4, -0.2) is 38.8 Å². The van der Waals surface area contributed by atoms with Gasteiger partial charge in [-0.05, 0) is 18.2 Å². The molecule has 0 spiro atoms. The van der Waals surface area contributed by atoms with Crippen LogP contribution in [0.25, 0.3) is 0 Å². The highest BCUT2D eigenvalue weighted by Gasteiger charge is 2.23. The molecule has 1 heterocycles. The Morgan fingerprint density at radius 2 is 2.42 bits per heavy atom. The minimum Gasteiger partial charge on any atom is -0.399 e. The number of anilines is 2. The molecule has 1 aromatic carbocycles. The van der Waals surface area contributed by atoms with Gasteiger partial charge < -0.3 is 20.7 Å². The van der Waals surface area contributed by atoms with Crippen molar-refractivity contribution >= 4 is 17.3 Å². The fraction of sp³-hybridized carbons (Fsp3) is 0.385. The molecule has 1 fully saturated rings. The van der Waals surface area contributed by atoms with E-state index in [1.165, 1.54) is 0 Å². The summed E-state index contributed by atoms with van der Waals surface area (Å²) in [7, 11) is 1.58. The number of nitrogen functional groups attached to an aromatic ring is 1. The predicted molar refractivity (Wildman–Crippen MR) is 71.8 cm³/mol. The maximum Gasteiger partial charge on any atom is 0.253 e. The minimum absolute atomic E-state index is 0.171. The number of hydrogen-bond acceptors (Lipinski definition) is 5. The number of nitrogens with zero attached hydrogens (tertiary/aromatic N) is 2. The SMILES string of the molecule is CNC(=O)c1ccc(N)cc1N1CCOC(C#N)C1. The molecule has 2 rings (SSSR count). The van der Waals surface area contributed by atoms with Gasteiger partial charge in [0.2, 0.25) is 0 Å². The van der Waals surface area contributed by atoms with Gasteiger partial charge in [0.25, 0.3) is 5.91 Å². The Labute approximate surface area is 111 Å². The highest BCUT2D eigenvalue weighted by molar-refractivity contribution is 6.00. The summed E-state index contributed by atoms with van der Waals surface area (Å²) < 4.78 is 5.30. The fourth-order valence-electron chi connectivity index (χ4n) is 2.08. The normalized spacial score (nSPS) is 18.7. The maximum absolute atomic E-state index is 11.9. The summed E-state index contributed by atoms with van der Waals surface area (Å²) >= 11 is 0. The quantitative estimate of drug-likeness (QED) is 0.749. The van der Waals surface area contributed by atoms with Gasteiger partial charge in [0.15, 0.2) is 6.10 Å². The summed E-state index contributed by atoms with van der Waals surface area (Å²) in [6.45, 7) is 1.52. The summed E-state index contributed by atoms with van der Waals surface area (Å²) in [5.41, 5.74) is 7.66. The van der Waals surface area contributed by atoms with Crippen molar-refractivity contribution in [3.05, 3.63) is 23.8 Å². The molecule has 1 unspecified atom stereocenters. The van der Waals surface area contributed by atoms with Gasteiger partial charge in [-0.2, -0.15) is 5.26 Å². The Hall–Kier alpha value is -2.26. The first-order chi connectivity index (χ1) is 9.15. The van der Waals surface area contributed by atoms with Crippen LogP contribution in [0.1, 0.15) is 10.4 Å². The number of ether oxygens (including phenoxy) is 1. The Morgan fingerprint density at radius 3 is 3.11 bits per heavy atom. The van der Waals surface area contributed by atoms with E-state index in [-0.39, 0.29) is 5.91 Å². The lowest BCUT2D eigenvalue weighted by Gasteiger charge is -2.32. The fourth-order valence-corrected chi connectivity index (χ4v) is 2.08. The van der Waals surface area contributed by atoms with E-state index in [4.69, 9.17) is 15.7 Å². The Morgan fingerprint density at radius 1 is 1.63 bits per heavy atom. The zero-order valence-corrected chi connectivity index (χ0v) is 10.7. The molecule has 0 aliphatic carbocycles. The molecular formula is C13H16N4O2. The number of hydrogen-bond donors (Lipinski definition) is 2. The third-order valence-electron chi connectivity index (χ3n) is 3.04. The van der Waals surface area contributed by atoms with Gasteiger partial charge in [0, 0.05) is 19.3 Å². The van der Waals surface area contributed by atoms with E-state index in [1.54, 1.807) is 25.2 Å². The molecule has 1 saturated heterocycles. The highest BCUT2D eigenvalue weighted by Crippen LogP contribution is 2.25. The molecule has 19 heavy (non-hydrogen) atoms. The van der Waals surface area contributed by atoms with E-state index in [9.17, 15) is 4.79 Å². The molecule has 1 amide bonds. The molecule has 0 aromatic heterocycles. The number of morpholine rings is 1. The Balaban J connectivity index is 2.34. The van der Waals surface area contributed by atoms with Crippen molar-refractivity contribution in [2.45, 2.75) is 6.10 Å². The summed E-state index contributed by atoms with van der Waals surface area (Å²) in [5, 5.41) is 11.5. The van der Waals surface area contributed by atoms with Gasteiger partial charge in [-0.25, -0.2) is 0 Å². The lowest BCUT2D eigenvalue weighted by atomic mass is 10.1. The topological polar surface area (TPSA) is 91.4 Å². The number of amides is 1. The van der Waals surface area contributed by atoms with Crippen LogP contribution in [0.3, 0.4) is 0 Å². The molecular weight excluding hydrogens is 244 g/mol. The number of nitriles is 1. The van der Waals surface area contributed by atoms with E-state index in [1.807, 2.05) is 4.90 Å². The third kappa shape index (κ3) is 2.77. The summed E-state index contributed by atoms with van der Waals surface area (Å²) in [5.74, 6) is -0.171. The van der Waals surface area contributed by atoms with Crippen LogP contribution in [0.15, 0.2) is 18.2 Å². The van der Waals surface area contributed by atoms with Crippen LogP contribution < -0.4 is 16.0 Å². The molecule has 1 aromatic rings. The number of carbonyl (C=O) groups is 1. The van der Waals surface area contributed by atoms with Crippen LogP contribution in [0.4, 0.5) is 11.4 Å². The largest absolute Gasteiger partial charge is 0.399 e. The molecule has 1 aliphatic heterocycles. The van der Waals surface area contributed by atoms with Crippen molar-refractivity contribution in [2.24, 2.45) is 0 Å². The number of carbonyl (C=O) groups excluding carboxylic acids is 1. The lowest BCUT2D eigenvalue weighted by molar-refractivity contribution is 0.0762. The summed E-state index contributed by atoms with van der Waals surface area (Å²) in [6, 6.07) is 7.23. The zero-order chi connectivity index (χ0) is 13.8. The van der Waals surface area contributed by atoms with Crippen molar-refractivity contribution in [1.82, 2.24) is 5.32 Å². The van der Waals surface area contributed by atoms with Gasteiger partial charge in [0.1, 0.15) is 0 Å². The van der Waals surface area contributed by atoms with Crippen LogP contribution in [-0.2, 0) is 4.74 Å². The monoisotopic (exact) mass is 260 g/mol. The molecule has 6 nitrogen and oxygen atoms in total. The van der Waals surface area contributed by atoms with Crippen molar-refractivity contribution in [2.75, 3.05) is 37.4 Å². The van der Waals surface area contributed by atoms with Crippen LogP contribution >= 0.6 is 0 Å². The first-order valence-corrected chi connectivity index (χ1v) is 6.03. The van der Waals surface area contributed by atoms with Crippen LogP contribution in [0.5, 0.6) is 0 Å². The molecule has 3 N–H and O–H groups in total. The predicted octanol–water partition coefficient (Wildman–Crippen LogP) is 0.357. The zero-order valence-electron chi connectivity index (χ0n) is 10.7. The van der Waals surface area contributed by atoms with Gasteiger partial charge >= 0.3 is 0 Å². The van der Waals surface area contributed by atoms with E-state index >= 15 is 0 Å². The summed E-state index contributed by atoms with van der Waals surface area (Å²) in [6.07, 6.45) is -0.479. The van der Waals surface area contributed by atoms with Gasteiger partial charge in [-0.1, -0.05) is 0 Å². The van der Waals surface area contributed by atoms with Gasteiger partial charge in [-0.3, -0.25) is 4.79 Å². The van der Waals surface area contributed by atoms with Gasteiger partial charge in [0.05, 0.1) is 30.5 Å². The second-order valence-electron chi connectivity index (χ2n) is 4.29. The molecule has 1 atom stereocenters. The van der Waals surface area contributed by atoms with Gasteiger partial charge in [-0.15, -0.1) is 0 Å². The van der Waals surface area contributed by atoms with Crippen molar-refractivity contribution in [3.63, 3.8) is 0 Å². The second kappa shape index (κ2) is 5.59. The minimum atomic E-state index is -0.479. The average Bonchev–Trinajstić information content (AvgIpc) is 2.46. The standard InChI is InChI=1S/C13H16N4O2/c1-16-13(18)11-3-2-9(15)6-12(11)17-4-5-19-10(7-14)8-17/h2-3,6,10H,4-5,8,15H2,1H3,(H,16,18). The van der Waals surface area contributed by atoms with Crippen molar-refractivity contribution in [3.8, 4) is 6.07 Å². The Kier molecular flexibility index (Phi) is 3.88. The first-order valence-electron chi connectivity index (χ1n) is 6.03. The van der Waals surface area contributed by atoms with E-state index in [2.05, 4.69) is 11.4 Å². The molecule has 1 aliphatic rings. The number of nitrogens with one attached hydrogen (secondary N) is 1. The molecule has 6 heteroatoms. The van der Waals surface area contributed by atoms with Crippen LogP contribution in [0, 0.1) is 11.3 Å². The second-order valence-corrected chi connectivity index (χ2v) is 4.29. The maximum atomic E-state index is 11.9. The van der Waals surface area contributed by atoms with E-state index in [0.29, 0.717) is 30.9 Å². The van der Waals surface area contributed by atoms with E-state index < -0.39 is 6.10 Å². The number of rotatable bonds is 2. The summed E-state index contributed by atoms with van der Waals surface area (Å²) in [4.78, 5) is 13.8. The molecule has 0 bridgehead atoms. The highest BCUT2D eigenvalue weighted by atomic mass is 16.5. The molecule has 0 saturated carbocycles. The van der Waals surface area contributed by atoms with E-state index in [0.717, 1.165) is 5.69 Å². The first kappa shape index (κ1) is 13.2. The average molecular weight is 260 g/mol. The Bertz CT molecular complexity index is 524.